The highest BCUT2D eigenvalue weighted by Crippen LogP contribution is 2.56. The average Bonchev–Trinajstić information content (AvgIpc) is 3.38. The van der Waals surface area contributed by atoms with E-state index in [1.165, 1.54) is 12.8 Å². The van der Waals surface area contributed by atoms with Crippen molar-refractivity contribution in [1.82, 2.24) is 21.3 Å². The third-order valence-electron chi connectivity index (χ3n) is 17.1. The summed E-state index contributed by atoms with van der Waals surface area (Å²) in [6.07, 6.45) is 11.2. The molecule has 0 unspecified atom stereocenters. The molecule has 18 heteroatoms. The van der Waals surface area contributed by atoms with E-state index in [4.69, 9.17) is 28.4 Å². The molecule has 77 heavy (non-hydrogen) atoms. The molecule has 8 bridgehead atoms. The van der Waals surface area contributed by atoms with Gasteiger partial charge in [0.25, 0.3) is 0 Å². The topological polar surface area (TPSA) is 240 Å². The first kappa shape index (κ1) is 55.6. The van der Waals surface area contributed by atoms with Gasteiger partial charge in [0, 0.05) is 12.8 Å². The van der Waals surface area contributed by atoms with Gasteiger partial charge < -0.3 is 49.7 Å². The van der Waals surface area contributed by atoms with Crippen LogP contribution < -0.4 is 26.0 Å². The highest BCUT2D eigenvalue weighted by Gasteiger charge is 2.51. The molecule has 18 nitrogen and oxygen atoms in total. The SMILES string of the molecule is CC(C)(C)OC(=O)N[C@@H](Cc1ccc(OC(=O)OC2C3CC4CC(C3)CC2C4)cc1)C(=O)N[C@@H](CC(=O)OC1C2CC3CC(C2)CC1C3)C(=O)N[C@@H](CCC(=O)OC1CCCCC1)C(=O)NCC(=O)OCc1ccccc1. The minimum atomic E-state index is -1.65. The van der Waals surface area contributed by atoms with Crippen LogP contribution in [0.3, 0.4) is 0 Å². The van der Waals surface area contributed by atoms with Crippen LogP contribution in [0.4, 0.5) is 9.59 Å². The molecule has 9 saturated carbocycles. The molecule has 2 aromatic rings. The Morgan fingerprint density at radius 1 is 0.558 bits per heavy atom. The number of hydrogen-bond acceptors (Lipinski definition) is 14. The summed E-state index contributed by atoms with van der Waals surface area (Å²) in [7, 11) is 0. The Labute approximate surface area is 451 Å². The van der Waals surface area contributed by atoms with Crippen molar-refractivity contribution in [3.05, 3.63) is 65.7 Å². The van der Waals surface area contributed by atoms with Crippen LogP contribution in [0.2, 0.25) is 0 Å². The summed E-state index contributed by atoms with van der Waals surface area (Å²) >= 11 is 0. The summed E-state index contributed by atoms with van der Waals surface area (Å²) in [6.45, 7) is 4.41. The Hall–Kier alpha value is -6.20. The van der Waals surface area contributed by atoms with Crippen LogP contribution in [-0.4, -0.2) is 96.5 Å². The van der Waals surface area contributed by atoms with Crippen molar-refractivity contribution in [2.45, 2.75) is 191 Å². The fraction of sp³-hybridized carbons (Fsp3) is 0.661. The molecule has 0 spiro atoms. The van der Waals surface area contributed by atoms with Crippen molar-refractivity contribution in [2.75, 3.05) is 6.54 Å². The number of hydrogen-bond donors (Lipinski definition) is 4. The predicted molar refractivity (Wildman–Crippen MR) is 278 cm³/mol. The zero-order valence-corrected chi connectivity index (χ0v) is 44.8. The van der Waals surface area contributed by atoms with E-state index < -0.39 is 84.6 Å². The standard InChI is InChI=1S/C59H78N4O14/c1-59(2,3)77-57(70)63-47(30-34-14-16-45(17-15-34)74-58(71)76-53-42-26-38-21-39(28-42)29-43(53)27-38)55(68)62-48(31-50(65)75-52-40-22-36-20-37(24-40)25-41(52)23-36)56(69)61-46(18-19-49(64)73-44-12-8-5-9-13-44)54(67)60-32-51(66)72-33-35-10-6-4-7-11-35/h4,6-7,10-11,14-17,36-44,46-48,52-53H,5,8-9,12-13,18-33H2,1-3H3,(H,60,67)(H,61,69)(H,62,68)(H,63,70)/t36?,37?,38?,39?,40?,41?,42?,43?,46-,47-,48-,52?,53?/m0/s1. The Balaban J connectivity index is 0.896. The Bertz CT molecular complexity index is 2380. The minimum absolute atomic E-state index is 0.0365. The van der Waals surface area contributed by atoms with Crippen molar-refractivity contribution in [1.29, 1.82) is 0 Å². The van der Waals surface area contributed by atoms with Gasteiger partial charge in [-0.1, -0.05) is 48.9 Å². The number of rotatable bonds is 21. The van der Waals surface area contributed by atoms with Crippen molar-refractivity contribution in [3.63, 3.8) is 0 Å². The van der Waals surface area contributed by atoms with Crippen molar-refractivity contribution in [2.24, 2.45) is 47.3 Å². The van der Waals surface area contributed by atoms with Crippen LogP contribution in [0.25, 0.3) is 0 Å². The van der Waals surface area contributed by atoms with Gasteiger partial charge in [-0.05, 0) is 188 Å². The first-order valence-corrected chi connectivity index (χ1v) is 28.4. The van der Waals surface area contributed by atoms with Gasteiger partial charge in [-0.2, -0.15) is 0 Å². The van der Waals surface area contributed by atoms with Crippen molar-refractivity contribution in [3.8, 4) is 5.75 Å². The van der Waals surface area contributed by atoms with E-state index >= 15 is 0 Å². The molecule has 9 aliphatic carbocycles. The zero-order valence-electron chi connectivity index (χ0n) is 44.8. The number of carbonyl (C=O) groups is 8. The first-order chi connectivity index (χ1) is 36.9. The van der Waals surface area contributed by atoms with Crippen LogP contribution in [0.5, 0.6) is 5.75 Å². The van der Waals surface area contributed by atoms with Crippen LogP contribution in [0, 0.1) is 47.3 Å². The summed E-state index contributed by atoms with van der Waals surface area (Å²) in [5.74, 6) is -0.705. The molecular formula is C59H78N4O14. The van der Waals surface area contributed by atoms with E-state index in [1.54, 1.807) is 69.3 Å². The number of nitrogens with one attached hydrogen (secondary N) is 4. The fourth-order valence-electron chi connectivity index (χ4n) is 14.1. The van der Waals surface area contributed by atoms with E-state index in [9.17, 15) is 38.4 Å². The molecule has 4 amide bonds. The molecule has 3 atom stereocenters. The smallest absolute Gasteiger partial charge is 0.462 e. The quantitative estimate of drug-likeness (QED) is 0.0532. The van der Waals surface area contributed by atoms with Gasteiger partial charge in [-0.3, -0.25) is 28.8 Å². The maximum absolute atomic E-state index is 14.7. The molecular weight excluding hydrogens is 989 g/mol. The average molecular weight is 1070 g/mol. The molecule has 2 aromatic carbocycles. The summed E-state index contributed by atoms with van der Waals surface area (Å²) < 4.78 is 34.4. The lowest BCUT2D eigenvalue weighted by Crippen LogP contribution is -2.58. The molecule has 418 valence electrons. The van der Waals surface area contributed by atoms with Gasteiger partial charge >= 0.3 is 30.2 Å². The van der Waals surface area contributed by atoms with E-state index in [2.05, 4.69) is 21.3 Å². The van der Waals surface area contributed by atoms with E-state index in [1.807, 2.05) is 6.07 Å². The fourth-order valence-corrected chi connectivity index (χ4v) is 14.1. The maximum Gasteiger partial charge on any atom is 0.514 e. The molecule has 0 saturated heterocycles. The molecule has 4 N–H and O–H groups in total. The van der Waals surface area contributed by atoms with Crippen LogP contribution >= 0.6 is 0 Å². The first-order valence-electron chi connectivity index (χ1n) is 28.4. The summed E-state index contributed by atoms with van der Waals surface area (Å²) in [6, 6.07) is 10.9. The van der Waals surface area contributed by atoms with Crippen LogP contribution in [-0.2, 0) is 65.5 Å². The number of alkyl carbamates (subject to hydrolysis) is 1. The molecule has 0 radical (unpaired) electrons. The number of ether oxygens (including phenoxy) is 6. The predicted octanol–water partition coefficient (Wildman–Crippen LogP) is 7.71. The van der Waals surface area contributed by atoms with Gasteiger partial charge in [0.1, 0.15) is 60.9 Å². The molecule has 9 fully saturated rings. The van der Waals surface area contributed by atoms with Gasteiger partial charge in [0.05, 0.1) is 6.42 Å². The lowest BCUT2D eigenvalue weighted by molar-refractivity contribution is -0.171. The molecule has 11 rings (SSSR count). The van der Waals surface area contributed by atoms with E-state index in [0.717, 1.165) is 89.0 Å². The lowest BCUT2D eigenvalue weighted by Gasteiger charge is -2.53. The zero-order chi connectivity index (χ0) is 54.2. The second kappa shape index (κ2) is 25.1. The second-order valence-electron chi connectivity index (χ2n) is 24.3. The van der Waals surface area contributed by atoms with E-state index in [0.29, 0.717) is 41.1 Å². The Morgan fingerprint density at radius 3 is 1.70 bits per heavy atom. The lowest BCUT2D eigenvalue weighted by atomic mass is 9.55. The molecule has 0 aromatic heterocycles. The third-order valence-corrected chi connectivity index (χ3v) is 17.1. The molecule has 0 heterocycles. The largest absolute Gasteiger partial charge is 0.514 e. The number of benzene rings is 2. The third kappa shape index (κ3) is 15.5. The highest BCUT2D eigenvalue weighted by molar-refractivity contribution is 5.96. The monoisotopic (exact) mass is 1070 g/mol. The Morgan fingerprint density at radius 2 is 1.12 bits per heavy atom. The normalized spacial score (nSPS) is 27.9. The Kier molecular flexibility index (Phi) is 18.1. The second-order valence-corrected chi connectivity index (χ2v) is 24.3. The van der Waals surface area contributed by atoms with Crippen LogP contribution in [0.1, 0.15) is 147 Å². The van der Waals surface area contributed by atoms with Gasteiger partial charge in [-0.15, -0.1) is 0 Å². The minimum Gasteiger partial charge on any atom is -0.462 e. The van der Waals surface area contributed by atoms with Crippen molar-refractivity contribution >= 4 is 47.9 Å². The van der Waals surface area contributed by atoms with Crippen molar-refractivity contribution < 1.29 is 66.8 Å². The molecule has 9 aliphatic rings. The maximum atomic E-state index is 14.7. The number of esters is 3. The summed E-state index contributed by atoms with van der Waals surface area (Å²) in [4.78, 5) is 110. The number of amides is 4. The number of carbonyl (C=O) groups excluding carboxylic acids is 8. The highest BCUT2D eigenvalue weighted by atomic mass is 16.7. The van der Waals surface area contributed by atoms with Gasteiger partial charge in [0.15, 0.2) is 0 Å². The summed E-state index contributed by atoms with van der Waals surface area (Å²) in [5, 5.41) is 10.5. The van der Waals surface area contributed by atoms with Gasteiger partial charge in [0.2, 0.25) is 17.7 Å². The van der Waals surface area contributed by atoms with E-state index in [-0.39, 0.29) is 61.8 Å². The van der Waals surface area contributed by atoms with Gasteiger partial charge in [-0.25, -0.2) is 9.59 Å². The summed E-state index contributed by atoms with van der Waals surface area (Å²) in [5.41, 5.74) is 0.320. The molecule has 0 aliphatic heterocycles. The van der Waals surface area contributed by atoms with Crippen LogP contribution in [0.15, 0.2) is 54.6 Å².